The molecule has 0 unspecified atom stereocenters. The zero-order chi connectivity index (χ0) is 26.4. The molecule has 5 heteroatoms. The van der Waals surface area contributed by atoms with E-state index in [0.717, 1.165) is 47.0 Å². The van der Waals surface area contributed by atoms with Crippen LogP contribution >= 0.6 is 0 Å². The molecular formula is C32H38N4O. The van der Waals surface area contributed by atoms with Crippen LogP contribution in [0.3, 0.4) is 0 Å². The monoisotopic (exact) mass is 494 g/mol. The molecule has 2 heterocycles. The molecular weight excluding hydrogens is 456 g/mol. The van der Waals surface area contributed by atoms with Gasteiger partial charge in [0, 0.05) is 24.2 Å². The Hall–Kier alpha value is -3.70. The summed E-state index contributed by atoms with van der Waals surface area (Å²) >= 11 is 0. The second-order valence-electron chi connectivity index (χ2n) is 9.80. The molecule has 4 aromatic rings. The number of ether oxygens (including phenoxy) is 1. The second-order valence-corrected chi connectivity index (χ2v) is 9.80. The van der Waals surface area contributed by atoms with Crippen molar-refractivity contribution in [1.29, 1.82) is 0 Å². The number of rotatable bonds is 10. The molecule has 0 bridgehead atoms. The van der Waals surface area contributed by atoms with Gasteiger partial charge < -0.3 is 15.4 Å². The summed E-state index contributed by atoms with van der Waals surface area (Å²) in [6, 6.07) is 17.1. The molecule has 0 atom stereocenters. The molecule has 0 radical (unpaired) electrons. The molecule has 0 saturated heterocycles. The highest BCUT2D eigenvalue weighted by Crippen LogP contribution is 2.25. The van der Waals surface area contributed by atoms with Crippen LogP contribution in [0.4, 0.5) is 11.4 Å². The van der Waals surface area contributed by atoms with E-state index in [2.05, 4.69) is 111 Å². The van der Waals surface area contributed by atoms with Crippen molar-refractivity contribution in [2.45, 2.75) is 41.5 Å². The van der Waals surface area contributed by atoms with E-state index in [4.69, 9.17) is 4.74 Å². The molecule has 0 aliphatic rings. The molecule has 2 aromatic heterocycles. The van der Waals surface area contributed by atoms with Crippen LogP contribution in [0.25, 0.3) is 22.5 Å². The third kappa shape index (κ3) is 6.75. The molecule has 5 nitrogen and oxygen atoms in total. The number of hydrogen-bond donors (Lipinski definition) is 2. The SMILES string of the molecule is Cc1cc(-c2ccc(NCCOCCNc3ccc(-c4cc(C)c(C)c(C)c4)nc3)cn2)cc(C)c1C. The van der Waals surface area contributed by atoms with Crippen LogP contribution in [0.1, 0.15) is 33.4 Å². The first kappa shape index (κ1) is 26.4. The first-order chi connectivity index (χ1) is 17.8. The highest BCUT2D eigenvalue weighted by Gasteiger charge is 2.06. The Morgan fingerprint density at radius 2 is 0.946 bits per heavy atom. The summed E-state index contributed by atoms with van der Waals surface area (Å²) in [5.41, 5.74) is 14.2. The lowest BCUT2D eigenvalue weighted by atomic mass is 9.99. The van der Waals surface area contributed by atoms with Gasteiger partial charge in [0.2, 0.25) is 0 Å². The summed E-state index contributed by atoms with van der Waals surface area (Å²) < 4.78 is 5.77. The van der Waals surface area contributed by atoms with Crippen LogP contribution in [0.5, 0.6) is 0 Å². The lowest BCUT2D eigenvalue weighted by Gasteiger charge is -2.11. The Bertz CT molecular complexity index is 1190. The van der Waals surface area contributed by atoms with Crippen LogP contribution in [-0.4, -0.2) is 36.3 Å². The summed E-state index contributed by atoms with van der Waals surface area (Å²) in [6.07, 6.45) is 3.77. The third-order valence-electron chi connectivity index (χ3n) is 7.12. The fraction of sp³-hybridized carbons (Fsp3) is 0.312. The van der Waals surface area contributed by atoms with E-state index in [1.165, 1.54) is 33.4 Å². The quantitative estimate of drug-likeness (QED) is 0.228. The van der Waals surface area contributed by atoms with Gasteiger partial charge in [0.25, 0.3) is 0 Å². The van der Waals surface area contributed by atoms with Crippen molar-refractivity contribution in [2.75, 3.05) is 36.9 Å². The number of nitrogens with one attached hydrogen (secondary N) is 2. The fourth-order valence-corrected chi connectivity index (χ4v) is 4.34. The van der Waals surface area contributed by atoms with Gasteiger partial charge in [-0.2, -0.15) is 0 Å². The molecule has 4 rings (SSSR count). The van der Waals surface area contributed by atoms with Gasteiger partial charge in [0.1, 0.15) is 0 Å². The van der Waals surface area contributed by atoms with Crippen LogP contribution in [0.15, 0.2) is 60.9 Å². The summed E-state index contributed by atoms with van der Waals surface area (Å²) in [7, 11) is 0. The summed E-state index contributed by atoms with van der Waals surface area (Å²) in [5, 5.41) is 6.76. The molecule has 0 amide bonds. The van der Waals surface area contributed by atoms with Crippen molar-refractivity contribution >= 4 is 11.4 Å². The number of nitrogens with zero attached hydrogens (tertiary/aromatic N) is 2. The number of anilines is 2. The Morgan fingerprint density at radius 1 is 0.568 bits per heavy atom. The van der Waals surface area contributed by atoms with Crippen molar-refractivity contribution in [3.63, 3.8) is 0 Å². The maximum atomic E-state index is 5.77. The van der Waals surface area contributed by atoms with Crippen molar-refractivity contribution < 1.29 is 4.74 Å². The van der Waals surface area contributed by atoms with Crippen LogP contribution in [0, 0.1) is 41.5 Å². The first-order valence-electron chi connectivity index (χ1n) is 13.0. The summed E-state index contributed by atoms with van der Waals surface area (Å²) in [6.45, 7) is 15.6. The summed E-state index contributed by atoms with van der Waals surface area (Å²) in [5.74, 6) is 0. The van der Waals surface area contributed by atoms with Crippen molar-refractivity contribution in [1.82, 2.24) is 9.97 Å². The fourth-order valence-electron chi connectivity index (χ4n) is 4.34. The molecule has 192 valence electrons. The molecule has 2 N–H and O–H groups in total. The van der Waals surface area contributed by atoms with Gasteiger partial charge in [0.15, 0.2) is 0 Å². The molecule has 0 spiro atoms. The number of pyridine rings is 2. The third-order valence-corrected chi connectivity index (χ3v) is 7.12. The van der Waals surface area contributed by atoms with Gasteiger partial charge >= 0.3 is 0 Å². The average Bonchev–Trinajstić information content (AvgIpc) is 2.90. The van der Waals surface area contributed by atoms with E-state index in [1.807, 2.05) is 12.4 Å². The van der Waals surface area contributed by atoms with E-state index in [9.17, 15) is 0 Å². The van der Waals surface area contributed by atoms with E-state index < -0.39 is 0 Å². The molecule has 0 aliphatic heterocycles. The summed E-state index contributed by atoms with van der Waals surface area (Å²) in [4.78, 5) is 9.28. The maximum absolute atomic E-state index is 5.77. The van der Waals surface area contributed by atoms with Crippen molar-refractivity contribution in [3.8, 4) is 22.5 Å². The minimum atomic E-state index is 0.628. The normalized spacial score (nSPS) is 11.0. The largest absolute Gasteiger partial charge is 0.381 e. The predicted molar refractivity (Wildman–Crippen MR) is 156 cm³/mol. The standard InChI is InChI=1S/C32H38N4O/c1-21-15-27(16-22(2)25(21)5)31-9-7-29(19-35-31)33-11-13-37-14-12-34-30-8-10-32(36-20-30)28-17-23(3)26(6)24(4)18-28/h7-10,15-20,33-34H,11-14H2,1-6H3. The first-order valence-corrected chi connectivity index (χ1v) is 13.0. The zero-order valence-electron chi connectivity index (χ0n) is 22.9. The topological polar surface area (TPSA) is 59.1 Å². The molecule has 2 aromatic carbocycles. The van der Waals surface area contributed by atoms with E-state index >= 15 is 0 Å². The highest BCUT2D eigenvalue weighted by molar-refractivity contribution is 5.65. The second kappa shape index (κ2) is 12.0. The predicted octanol–water partition coefficient (Wildman–Crippen LogP) is 7.20. The smallest absolute Gasteiger partial charge is 0.0703 e. The number of hydrogen-bond acceptors (Lipinski definition) is 5. The van der Waals surface area contributed by atoms with Crippen LogP contribution in [0.2, 0.25) is 0 Å². The molecule has 37 heavy (non-hydrogen) atoms. The van der Waals surface area contributed by atoms with Gasteiger partial charge in [-0.3, -0.25) is 9.97 Å². The van der Waals surface area contributed by atoms with Gasteiger partial charge in [-0.05, 0) is 123 Å². The number of aryl methyl sites for hydroxylation is 4. The average molecular weight is 495 g/mol. The Kier molecular flexibility index (Phi) is 8.57. The molecule has 0 fully saturated rings. The van der Waals surface area contributed by atoms with Crippen LogP contribution < -0.4 is 10.6 Å². The van der Waals surface area contributed by atoms with Crippen LogP contribution in [-0.2, 0) is 4.74 Å². The molecule has 0 saturated carbocycles. The molecule has 0 aliphatic carbocycles. The van der Waals surface area contributed by atoms with Crippen molar-refractivity contribution in [2.24, 2.45) is 0 Å². The van der Waals surface area contributed by atoms with Crippen molar-refractivity contribution in [3.05, 3.63) is 94.3 Å². The van der Waals surface area contributed by atoms with Gasteiger partial charge in [0.05, 0.1) is 48.4 Å². The van der Waals surface area contributed by atoms with Gasteiger partial charge in [-0.15, -0.1) is 0 Å². The van der Waals surface area contributed by atoms with Gasteiger partial charge in [-0.25, -0.2) is 0 Å². The lowest BCUT2D eigenvalue weighted by molar-refractivity contribution is 0.154. The minimum absolute atomic E-state index is 0.628. The Balaban J connectivity index is 1.16. The van der Waals surface area contributed by atoms with Gasteiger partial charge in [-0.1, -0.05) is 0 Å². The highest BCUT2D eigenvalue weighted by atomic mass is 16.5. The Labute approximate surface area is 221 Å². The van der Waals surface area contributed by atoms with E-state index in [-0.39, 0.29) is 0 Å². The number of aromatic nitrogens is 2. The van der Waals surface area contributed by atoms with E-state index in [0.29, 0.717) is 13.2 Å². The van der Waals surface area contributed by atoms with E-state index in [1.54, 1.807) is 0 Å². The maximum Gasteiger partial charge on any atom is 0.0703 e. The minimum Gasteiger partial charge on any atom is -0.381 e. The Morgan fingerprint density at radius 3 is 1.27 bits per heavy atom. The zero-order valence-corrected chi connectivity index (χ0v) is 22.9. The number of benzene rings is 2. The lowest BCUT2D eigenvalue weighted by Crippen LogP contribution is -2.14.